The maximum absolute atomic E-state index is 11.6. The third-order valence-corrected chi connectivity index (χ3v) is 3.25. The fourth-order valence-corrected chi connectivity index (χ4v) is 2.15. The summed E-state index contributed by atoms with van der Waals surface area (Å²) in [5, 5.41) is 4.80. The molecule has 0 spiro atoms. The standard InChI is InChI=1S/C12H12Cl2N2O2/c13-9-3-1-4-10(14)8(9)7-15-16-12(17)11-5-2-6-18-11/h1,3-4,7,11H,2,5-6H2,(H,16,17). The lowest BCUT2D eigenvalue weighted by molar-refractivity contribution is -0.130. The van der Waals surface area contributed by atoms with Crippen LogP contribution in [0.5, 0.6) is 0 Å². The monoisotopic (exact) mass is 286 g/mol. The van der Waals surface area contributed by atoms with Gasteiger partial charge in [0.15, 0.2) is 0 Å². The van der Waals surface area contributed by atoms with Gasteiger partial charge in [0.1, 0.15) is 6.10 Å². The number of ether oxygens (including phenoxy) is 1. The highest BCUT2D eigenvalue weighted by atomic mass is 35.5. The van der Waals surface area contributed by atoms with Gasteiger partial charge in [-0.25, -0.2) is 5.43 Å². The number of carbonyl (C=O) groups excluding carboxylic acids is 1. The molecular formula is C12H12Cl2N2O2. The second-order valence-corrected chi connectivity index (χ2v) is 4.69. The predicted octanol–water partition coefficient (Wildman–Crippen LogP) is 2.62. The van der Waals surface area contributed by atoms with Crippen LogP contribution in [0.3, 0.4) is 0 Å². The first-order valence-corrected chi connectivity index (χ1v) is 6.32. The molecule has 18 heavy (non-hydrogen) atoms. The maximum atomic E-state index is 11.6. The first kappa shape index (κ1) is 13.3. The van der Waals surface area contributed by atoms with Gasteiger partial charge in [-0.1, -0.05) is 29.3 Å². The number of hydrogen-bond donors (Lipinski definition) is 1. The van der Waals surface area contributed by atoms with Gasteiger partial charge >= 0.3 is 0 Å². The molecule has 2 rings (SSSR count). The van der Waals surface area contributed by atoms with Gasteiger partial charge in [0.2, 0.25) is 0 Å². The van der Waals surface area contributed by atoms with E-state index in [9.17, 15) is 4.79 Å². The second-order valence-electron chi connectivity index (χ2n) is 3.87. The molecule has 1 aromatic rings. The summed E-state index contributed by atoms with van der Waals surface area (Å²) < 4.78 is 5.23. The average molecular weight is 287 g/mol. The molecular weight excluding hydrogens is 275 g/mol. The molecule has 0 saturated carbocycles. The molecule has 0 aliphatic carbocycles. The van der Waals surface area contributed by atoms with Crippen LogP contribution in [-0.4, -0.2) is 24.8 Å². The molecule has 4 nitrogen and oxygen atoms in total. The van der Waals surface area contributed by atoms with Crippen LogP contribution in [0.15, 0.2) is 23.3 Å². The molecule has 1 N–H and O–H groups in total. The van der Waals surface area contributed by atoms with Crippen molar-refractivity contribution in [2.45, 2.75) is 18.9 Å². The number of carbonyl (C=O) groups is 1. The molecule has 1 saturated heterocycles. The Morgan fingerprint density at radius 3 is 2.78 bits per heavy atom. The van der Waals surface area contributed by atoms with Crippen LogP contribution in [-0.2, 0) is 9.53 Å². The number of nitrogens with one attached hydrogen (secondary N) is 1. The summed E-state index contributed by atoms with van der Waals surface area (Å²) in [6.07, 6.45) is 2.66. The van der Waals surface area contributed by atoms with E-state index in [1.807, 2.05) is 0 Å². The third-order valence-electron chi connectivity index (χ3n) is 2.59. The normalized spacial score (nSPS) is 19.3. The van der Waals surface area contributed by atoms with Crippen molar-refractivity contribution in [1.29, 1.82) is 0 Å². The van der Waals surface area contributed by atoms with Crippen LogP contribution < -0.4 is 5.43 Å². The second kappa shape index (κ2) is 6.18. The number of rotatable bonds is 3. The molecule has 6 heteroatoms. The lowest BCUT2D eigenvalue weighted by Crippen LogP contribution is -2.30. The minimum Gasteiger partial charge on any atom is -0.368 e. The molecule has 1 aliphatic rings. The van der Waals surface area contributed by atoms with E-state index in [1.54, 1.807) is 18.2 Å². The molecule has 1 aliphatic heterocycles. The summed E-state index contributed by atoms with van der Waals surface area (Å²) in [6, 6.07) is 5.15. The van der Waals surface area contributed by atoms with Crippen LogP contribution >= 0.6 is 23.2 Å². The zero-order chi connectivity index (χ0) is 13.0. The van der Waals surface area contributed by atoms with E-state index in [4.69, 9.17) is 27.9 Å². The van der Waals surface area contributed by atoms with E-state index in [1.165, 1.54) is 6.21 Å². The number of amides is 1. The van der Waals surface area contributed by atoms with Gasteiger partial charge < -0.3 is 4.74 Å². The molecule has 0 aromatic heterocycles. The lowest BCUT2D eigenvalue weighted by atomic mass is 10.2. The molecule has 0 radical (unpaired) electrons. The largest absolute Gasteiger partial charge is 0.368 e. The molecule has 1 atom stereocenters. The smallest absolute Gasteiger partial charge is 0.269 e. The van der Waals surface area contributed by atoms with Crippen molar-refractivity contribution >= 4 is 35.3 Å². The van der Waals surface area contributed by atoms with Crippen molar-refractivity contribution in [2.24, 2.45) is 5.10 Å². The van der Waals surface area contributed by atoms with Crippen molar-refractivity contribution in [2.75, 3.05) is 6.61 Å². The number of benzene rings is 1. The summed E-state index contributed by atoms with van der Waals surface area (Å²) in [7, 11) is 0. The lowest BCUT2D eigenvalue weighted by Gasteiger charge is -2.06. The van der Waals surface area contributed by atoms with Crippen LogP contribution in [0.1, 0.15) is 18.4 Å². The number of halogens is 2. The third kappa shape index (κ3) is 3.22. The number of hydrazone groups is 1. The highest BCUT2D eigenvalue weighted by molar-refractivity contribution is 6.38. The maximum Gasteiger partial charge on any atom is 0.269 e. The van der Waals surface area contributed by atoms with E-state index in [0.717, 1.165) is 12.8 Å². The van der Waals surface area contributed by atoms with Crippen molar-refractivity contribution in [3.05, 3.63) is 33.8 Å². The Morgan fingerprint density at radius 1 is 1.44 bits per heavy atom. The Hall–Kier alpha value is -1.10. The predicted molar refractivity (Wildman–Crippen MR) is 71.2 cm³/mol. The van der Waals surface area contributed by atoms with Gasteiger partial charge in [0, 0.05) is 12.2 Å². The summed E-state index contributed by atoms with van der Waals surface area (Å²) in [4.78, 5) is 11.6. The zero-order valence-corrected chi connectivity index (χ0v) is 11.0. The van der Waals surface area contributed by atoms with Crippen LogP contribution in [0.4, 0.5) is 0 Å². The molecule has 1 aromatic carbocycles. The van der Waals surface area contributed by atoms with E-state index >= 15 is 0 Å². The molecule has 1 amide bonds. The van der Waals surface area contributed by atoms with Gasteiger partial charge in [-0.2, -0.15) is 5.10 Å². The summed E-state index contributed by atoms with van der Waals surface area (Å²) in [6.45, 7) is 0.623. The van der Waals surface area contributed by atoms with E-state index < -0.39 is 6.10 Å². The van der Waals surface area contributed by atoms with Gasteiger partial charge in [-0.05, 0) is 25.0 Å². The van der Waals surface area contributed by atoms with Crippen LogP contribution in [0, 0.1) is 0 Å². The minimum atomic E-state index is -0.399. The number of nitrogens with zero attached hydrogens (tertiary/aromatic N) is 1. The SMILES string of the molecule is O=C(NN=Cc1c(Cl)cccc1Cl)C1CCCO1. The molecule has 1 unspecified atom stereocenters. The molecule has 1 heterocycles. The van der Waals surface area contributed by atoms with Crippen molar-refractivity contribution in [3.63, 3.8) is 0 Å². The molecule has 1 fully saturated rings. The topological polar surface area (TPSA) is 50.7 Å². The van der Waals surface area contributed by atoms with E-state index in [-0.39, 0.29) is 5.91 Å². The van der Waals surface area contributed by atoms with Crippen molar-refractivity contribution in [1.82, 2.24) is 5.43 Å². The van der Waals surface area contributed by atoms with E-state index in [0.29, 0.717) is 22.2 Å². The summed E-state index contributed by atoms with van der Waals surface area (Å²) in [5.41, 5.74) is 2.99. The fraction of sp³-hybridized carbons (Fsp3) is 0.333. The summed E-state index contributed by atoms with van der Waals surface area (Å²) in [5.74, 6) is -0.244. The highest BCUT2D eigenvalue weighted by Crippen LogP contribution is 2.22. The first-order valence-electron chi connectivity index (χ1n) is 5.57. The number of hydrogen-bond acceptors (Lipinski definition) is 3. The molecule has 0 bridgehead atoms. The quantitative estimate of drug-likeness (QED) is 0.686. The Bertz CT molecular complexity index is 451. The van der Waals surface area contributed by atoms with E-state index in [2.05, 4.69) is 10.5 Å². The highest BCUT2D eigenvalue weighted by Gasteiger charge is 2.22. The summed E-state index contributed by atoms with van der Waals surface area (Å²) >= 11 is 11.9. The minimum absolute atomic E-state index is 0.244. The molecule has 96 valence electrons. The van der Waals surface area contributed by atoms with Crippen molar-refractivity contribution in [3.8, 4) is 0 Å². The van der Waals surface area contributed by atoms with Crippen LogP contribution in [0.2, 0.25) is 10.0 Å². The Labute approximate surface area is 115 Å². The van der Waals surface area contributed by atoms with Crippen molar-refractivity contribution < 1.29 is 9.53 Å². The Kier molecular flexibility index (Phi) is 4.58. The van der Waals surface area contributed by atoms with Crippen LogP contribution in [0.25, 0.3) is 0 Å². The average Bonchev–Trinajstić information content (AvgIpc) is 2.86. The van der Waals surface area contributed by atoms with Gasteiger partial charge in [-0.3, -0.25) is 4.79 Å². The van der Waals surface area contributed by atoms with Gasteiger partial charge in [0.05, 0.1) is 16.3 Å². The first-order chi connectivity index (χ1) is 8.68. The zero-order valence-electron chi connectivity index (χ0n) is 9.53. The van der Waals surface area contributed by atoms with Gasteiger partial charge in [0.25, 0.3) is 5.91 Å². The Balaban J connectivity index is 1.96. The fourth-order valence-electron chi connectivity index (χ4n) is 1.65. The Morgan fingerprint density at radius 2 is 2.17 bits per heavy atom. The van der Waals surface area contributed by atoms with Gasteiger partial charge in [-0.15, -0.1) is 0 Å².